The Labute approximate surface area is 273 Å². The normalized spacial score (nSPS) is 15.6. The van der Waals surface area contributed by atoms with Crippen molar-refractivity contribution in [3.63, 3.8) is 0 Å². The number of halogens is 2. The Kier molecular flexibility index (Phi) is 10.0. The van der Waals surface area contributed by atoms with Crippen LogP contribution in [0.15, 0.2) is 48.7 Å². The maximum atomic E-state index is 14.5. The summed E-state index contributed by atoms with van der Waals surface area (Å²) in [4.78, 5) is 43.8. The number of likely N-dealkylation sites (N-methyl/N-ethyl adjacent to an activating group) is 1. The molecule has 238 valence electrons. The zero-order chi connectivity index (χ0) is 32.2. The highest BCUT2D eigenvalue weighted by atomic mass is 35.5. The highest BCUT2D eigenvalue weighted by molar-refractivity contribution is 6.42. The van der Waals surface area contributed by atoms with Crippen molar-refractivity contribution < 1.29 is 19.1 Å². The highest BCUT2D eigenvalue weighted by Gasteiger charge is 2.41. The van der Waals surface area contributed by atoms with Crippen molar-refractivity contribution in [1.29, 1.82) is 0 Å². The summed E-state index contributed by atoms with van der Waals surface area (Å²) in [7, 11) is 6.87. The van der Waals surface area contributed by atoms with Crippen LogP contribution in [-0.2, 0) is 11.3 Å². The van der Waals surface area contributed by atoms with E-state index in [1.165, 1.54) is 19.1 Å². The summed E-state index contributed by atoms with van der Waals surface area (Å²) in [6, 6.07) is 8.86. The minimum Gasteiger partial charge on any atom is -0.495 e. The number of amides is 3. The van der Waals surface area contributed by atoms with E-state index in [-0.39, 0.29) is 40.3 Å². The molecule has 1 saturated heterocycles. The number of piperidine rings is 1. The van der Waals surface area contributed by atoms with E-state index in [2.05, 4.69) is 10.3 Å². The Balaban J connectivity index is 1.50. The minimum atomic E-state index is -0.350. The van der Waals surface area contributed by atoms with Crippen LogP contribution in [0.4, 0.5) is 27.9 Å². The molecule has 3 heterocycles. The number of hydrogen-bond donors (Lipinski definition) is 1. The number of carbonyl (C=O) groups excluding carboxylic acids is 2. The van der Waals surface area contributed by atoms with E-state index in [0.717, 1.165) is 11.3 Å². The molecule has 0 bridgehead atoms. The van der Waals surface area contributed by atoms with Gasteiger partial charge in [0.1, 0.15) is 27.4 Å². The number of methoxy groups -OCH3 is 2. The van der Waals surface area contributed by atoms with E-state index in [1.807, 2.05) is 56.3 Å². The minimum absolute atomic E-state index is 0.0451. The first-order valence-corrected chi connectivity index (χ1v) is 15.4. The molecule has 3 aromatic rings. The molecule has 45 heavy (non-hydrogen) atoms. The summed E-state index contributed by atoms with van der Waals surface area (Å²) in [6.45, 7) is 3.79. The summed E-state index contributed by atoms with van der Waals surface area (Å²) in [5.41, 5.74) is 2.91. The summed E-state index contributed by atoms with van der Waals surface area (Å²) in [5, 5.41) is 3.63. The Morgan fingerprint density at radius 3 is 2.42 bits per heavy atom. The highest BCUT2D eigenvalue weighted by Crippen LogP contribution is 2.48. The van der Waals surface area contributed by atoms with Gasteiger partial charge >= 0.3 is 6.03 Å². The molecular weight excluding hydrogens is 617 g/mol. The lowest BCUT2D eigenvalue weighted by Crippen LogP contribution is -2.55. The van der Waals surface area contributed by atoms with Gasteiger partial charge in [0, 0.05) is 55.3 Å². The number of aryl methyl sites for hydroxylation is 1. The average molecular weight is 655 g/mol. The average Bonchev–Trinajstić information content (AvgIpc) is 3.01. The molecule has 0 unspecified atom stereocenters. The molecule has 0 spiro atoms. The number of urea groups is 1. The van der Waals surface area contributed by atoms with E-state index in [1.54, 1.807) is 28.1 Å². The Morgan fingerprint density at radius 1 is 1.11 bits per heavy atom. The summed E-state index contributed by atoms with van der Waals surface area (Å²) < 4.78 is 11.0. The number of ether oxygens (including phenoxy) is 2. The first-order valence-electron chi connectivity index (χ1n) is 14.6. The van der Waals surface area contributed by atoms with Gasteiger partial charge in [-0.1, -0.05) is 41.4 Å². The largest absolute Gasteiger partial charge is 0.495 e. The maximum absolute atomic E-state index is 14.5. The van der Waals surface area contributed by atoms with Crippen LogP contribution in [-0.4, -0.2) is 85.7 Å². The van der Waals surface area contributed by atoms with E-state index in [9.17, 15) is 9.59 Å². The molecule has 13 heteroatoms. The molecule has 2 aliphatic heterocycles. The maximum Gasteiger partial charge on any atom is 0.330 e. The molecule has 1 N–H and O–H groups in total. The van der Waals surface area contributed by atoms with Crippen LogP contribution >= 0.6 is 23.2 Å². The number of carbonyl (C=O) groups is 2. The standard InChI is InChI=1S/C32H37Cl2N7O4/c1-20-8-6-9-22(16-20)36-31-35-18-21-19-40(29-27(33)24(44-4)17-25(45-5)28(29)34)32(43)41(30(21)37-31)23-11-14-39(15-12-23)26(42)10-7-13-38(2)3/h6-10,16-18,23H,11-15,19H2,1-5H3,(H,35,36,37). The van der Waals surface area contributed by atoms with E-state index >= 15 is 0 Å². The summed E-state index contributed by atoms with van der Waals surface area (Å²) in [6.07, 6.45) is 6.28. The van der Waals surface area contributed by atoms with Crippen LogP contribution < -0.4 is 24.6 Å². The van der Waals surface area contributed by atoms with E-state index in [0.29, 0.717) is 61.3 Å². The lowest BCUT2D eigenvalue weighted by Gasteiger charge is -2.43. The third-order valence-corrected chi connectivity index (χ3v) is 8.53. The second kappa shape index (κ2) is 13.9. The van der Waals surface area contributed by atoms with Crippen LogP contribution in [0, 0.1) is 6.92 Å². The van der Waals surface area contributed by atoms with Crippen LogP contribution in [0.1, 0.15) is 24.0 Å². The number of nitrogens with zero attached hydrogens (tertiary/aromatic N) is 6. The summed E-state index contributed by atoms with van der Waals surface area (Å²) >= 11 is 13.5. The van der Waals surface area contributed by atoms with Crippen molar-refractivity contribution in [1.82, 2.24) is 19.8 Å². The van der Waals surface area contributed by atoms with Gasteiger partial charge in [0.15, 0.2) is 0 Å². The Bertz CT molecular complexity index is 1580. The molecule has 5 rings (SSSR count). The van der Waals surface area contributed by atoms with Gasteiger partial charge in [-0.05, 0) is 51.6 Å². The van der Waals surface area contributed by atoms with Crippen LogP contribution in [0.2, 0.25) is 10.0 Å². The van der Waals surface area contributed by atoms with Crippen LogP contribution in [0.5, 0.6) is 11.5 Å². The molecule has 2 aromatic carbocycles. The van der Waals surface area contributed by atoms with Crippen molar-refractivity contribution in [2.75, 3.05) is 63.1 Å². The summed E-state index contributed by atoms with van der Waals surface area (Å²) in [5.74, 6) is 1.46. The predicted octanol–water partition coefficient (Wildman–Crippen LogP) is 5.91. The number of benzene rings is 2. The molecule has 1 fully saturated rings. The second-order valence-corrected chi connectivity index (χ2v) is 12.0. The molecule has 11 nitrogen and oxygen atoms in total. The molecule has 0 radical (unpaired) electrons. The third-order valence-electron chi connectivity index (χ3n) is 7.80. The fraction of sp³-hybridized carbons (Fsp3) is 0.375. The fourth-order valence-corrected chi connectivity index (χ4v) is 6.22. The molecule has 2 aliphatic rings. The second-order valence-electron chi connectivity index (χ2n) is 11.3. The lowest BCUT2D eigenvalue weighted by molar-refractivity contribution is -0.127. The third kappa shape index (κ3) is 6.95. The van der Waals surface area contributed by atoms with E-state index < -0.39 is 0 Å². The number of anilines is 4. The predicted molar refractivity (Wildman–Crippen MR) is 177 cm³/mol. The Hall–Kier alpha value is -4.06. The number of aromatic nitrogens is 2. The molecule has 3 amide bonds. The van der Waals surface area contributed by atoms with Crippen LogP contribution in [0.25, 0.3) is 0 Å². The van der Waals surface area contributed by atoms with Crippen molar-refractivity contribution in [2.45, 2.75) is 32.4 Å². The van der Waals surface area contributed by atoms with Gasteiger partial charge in [0.25, 0.3) is 0 Å². The van der Waals surface area contributed by atoms with Crippen molar-refractivity contribution in [3.05, 3.63) is 69.9 Å². The zero-order valence-corrected chi connectivity index (χ0v) is 27.5. The lowest BCUT2D eigenvalue weighted by atomic mass is 10.0. The van der Waals surface area contributed by atoms with Gasteiger partial charge < -0.3 is 24.6 Å². The molecule has 0 saturated carbocycles. The number of likely N-dealkylation sites (tertiary alicyclic amines) is 1. The molecule has 1 aromatic heterocycles. The SMILES string of the molecule is COc1cc(OC)c(Cl)c(N2Cc3cnc(Nc4cccc(C)c4)nc3N(C3CCN(C(=O)C=CCN(C)C)CC3)C2=O)c1Cl. The first kappa shape index (κ1) is 32.3. The van der Waals surface area contributed by atoms with Gasteiger partial charge in [-0.2, -0.15) is 4.98 Å². The van der Waals surface area contributed by atoms with Crippen molar-refractivity contribution >= 4 is 58.3 Å². The van der Waals surface area contributed by atoms with Gasteiger partial charge in [-0.25, -0.2) is 9.78 Å². The Morgan fingerprint density at radius 2 is 1.80 bits per heavy atom. The van der Waals surface area contributed by atoms with Gasteiger partial charge in [0.05, 0.1) is 26.5 Å². The van der Waals surface area contributed by atoms with E-state index in [4.69, 9.17) is 37.7 Å². The molecule has 0 atom stereocenters. The molecule has 0 aliphatic carbocycles. The fourth-order valence-electron chi connectivity index (χ4n) is 5.52. The smallest absolute Gasteiger partial charge is 0.330 e. The number of rotatable bonds is 9. The zero-order valence-electron chi connectivity index (χ0n) is 26.0. The number of hydrogen-bond acceptors (Lipinski definition) is 8. The topological polar surface area (TPSA) is 103 Å². The quantitative estimate of drug-likeness (QED) is 0.285. The van der Waals surface area contributed by atoms with Gasteiger partial charge in [0.2, 0.25) is 11.9 Å². The number of nitrogens with one attached hydrogen (secondary N) is 1. The number of fused-ring (bicyclic) bond motifs is 1. The van der Waals surface area contributed by atoms with Crippen molar-refractivity contribution in [2.24, 2.45) is 0 Å². The monoisotopic (exact) mass is 653 g/mol. The van der Waals surface area contributed by atoms with Gasteiger partial charge in [-0.3, -0.25) is 14.6 Å². The molecular formula is C32H37Cl2N7O4. The van der Waals surface area contributed by atoms with Gasteiger partial charge in [-0.15, -0.1) is 0 Å². The van der Waals surface area contributed by atoms with Crippen molar-refractivity contribution in [3.8, 4) is 11.5 Å². The van der Waals surface area contributed by atoms with Crippen LogP contribution in [0.3, 0.4) is 0 Å². The first-order chi connectivity index (χ1) is 21.6.